The van der Waals surface area contributed by atoms with Crippen LogP contribution in [0.25, 0.3) is 0 Å². The summed E-state index contributed by atoms with van der Waals surface area (Å²) < 4.78 is 1.24. The summed E-state index contributed by atoms with van der Waals surface area (Å²) in [4.78, 5) is 0. The molecule has 0 unspecified atom stereocenters. The van der Waals surface area contributed by atoms with Crippen molar-refractivity contribution in [3.63, 3.8) is 0 Å². The first-order valence-corrected chi connectivity index (χ1v) is 3.76. The smallest absolute Gasteiger partial charge is 0.0180 e. The molecule has 9 heavy (non-hydrogen) atoms. The quantitative estimate of drug-likeness (QED) is 0.432. The van der Waals surface area contributed by atoms with Crippen molar-refractivity contribution in [2.24, 2.45) is 0 Å². The Labute approximate surface area is 69.5 Å². The highest BCUT2D eigenvalue weighted by Crippen LogP contribution is 2.06. The van der Waals surface area contributed by atoms with E-state index in [1.807, 2.05) is 19.9 Å². The second-order valence-corrected chi connectivity index (χ2v) is 3.51. The molecule has 1 N–H and O–H groups in total. The van der Waals surface area contributed by atoms with Crippen molar-refractivity contribution >= 4 is 28.8 Å². The second kappa shape index (κ2) is 4.73. The van der Waals surface area contributed by atoms with Crippen molar-refractivity contribution in [1.82, 2.24) is 0 Å². The summed E-state index contributed by atoms with van der Waals surface area (Å²) in [6, 6.07) is 0. The van der Waals surface area contributed by atoms with Gasteiger partial charge in [0, 0.05) is 6.21 Å². The number of hydrogen-bond donors (Lipinski definition) is 1. The van der Waals surface area contributed by atoms with Gasteiger partial charge >= 0.3 is 0 Å². The molecule has 0 bridgehead atoms. The molecule has 0 aromatic heterocycles. The second-order valence-electron chi connectivity index (χ2n) is 1.81. The fraction of sp³-hybridized carbons (Fsp3) is 0.286. The van der Waals surface area contributed by atoms with Crippen LogP contribution in [-0.2, 0) is 0 Å². The normalized spacial score (nSPS) is 13.7. The number of hydrogen-bond acceptors (Lipinski definition) is 1. The van der Waals surface area contributed by atoms with Crippen molar-refractivity contribution in [2.45, 2.75) is 13.8 Å². The van der Waals surface area contributed by atoms with Gasteiger partial charge in [0.2, 0.25) is 0 Å². The summed E-state index contributed by atoms with van der Waals surface area (Å²) in [5.74, 6) is 0. The van der Waals surface area contributed by atoms with E-state index in [1.54, 1.807) is 6.08 Å². The SMILES string of the molecule is C/C(I)=C/C(C)=C\C=N. The van der Waals surface area contributed by atoms with Gasteiger partial charge in [-0.3, -0.25) is 0 Å². The predicted molar refractivity (Wildman–Crippen MR) is 50.3 cm³/mol. The van der Waals surface area contributed by atoms with Crippen LogP contribution >= 0.6 is 22.6 Å². The van der Waals surface area contributed by atoms with Gasteiger partial charge in [-0.25, -0.2) is 0 Å². The number of halogens is 1. The van der Waals surface area contributed by atoms with Gasteiger partial charge < -0.3 is 5.41 Å². The molecule has 0 saturated carbocycles. The van der Waals surface area contributed by atoms with Gasteiger partial charge in [-0.2, -0.15) is 0 Å². The maximum atomic E-state index is 6.74. The molecular weight excluding hydrogens is 225 g/mol. The minimum absolute atomic E-state index is 1.12. The molecule has 0 heterocycles. The third-order valence-corrected chi connectivity index (χ3v) is 1.08. The Bertz CT molecular complexity index is 152. The standard InChI is InChI=1S/C7H10IN/c1-6(3-4-9)5-7(2)8/h3-5,9H,1-2H3/b6-3-,7-5-,9-4?. The Kier molecular flexibility index (Phi) is 4.67. The average molecular weight is 235 g/mol. The number of nitrogens with one attached hydrogen (secondary N) is 1. The molecule has 0 saturated heterocycles. The Morgan fingerprint density at radius 2 is 2.00 bits per heavy atom. The minimum atomic E-state index is 1.12. The molecule has 0 rings (SSSR count). The van der Waals surface area contributed by atoms with Crippen LogP contribution in [-0.4, -0.2) is 6.21 Å². The van der Waals surface area contributed by atoms with E-state index in [0.29, 0.717) is 0 Å². The summed E-state index contributed by atoms with van der Waals surface area (Å²) in [5.41, 5.74) is 1.12. The van der Waals surface area contributed by atoms with Crippen molar-refractivity contribution in [3.05, 3.63) is 21.3 Å². The summed E-state index contributed by atoms with van der Waals surface area (Å²) in [7, 11) is 0. The van der Waals surface area contributed by atoms with E-state index < -0.39 is 0 Å². The van der Waals surface area contributed by atoms with Crippen LogP contribution in [0.15, 0.2) is 21.3 Å². The molecule has 1 nitrogen and oxygen atoms in total. The Hall–Kier alpha value is -0.120. The van der Waals surface area contributed by atoms with Crippen LogP contribution in [0.1, 0.15) is 13.8 Å². The zero-order valence-corrected chi connectivity index (χ0v) is 7.77. The third-order valence-electron chi connectivity index (χ3n) is 0.773. The molecule has 2 heteroatoms. The average Bonchev–Trinajstić information content (AvgIpc) is 1.63. The first-order valence-electron chi connectivity index (χ1n) is 2.68. The lowest BCUT2D eigenvalue weighted by atomic mass is 10.3. The van der Waals surface area contributed by atoms with Crippen molar-refractivity contribution in [3.8, 4) is 0 Å². The summed E-state index contributed by atoms with van der Waals surface area (Å²) in [5, 5.41) is 6.74. The number of allylic oxidation sites excluding steroid dienone is 4. The Balaban J connectivity index is 4.05. The topological polar surface area (TPSA) is 23.9 Å². The first-order chi connectivity index (χ1) is 4.16. The largest absolute Gasteiger partial charge is 0.309 e. The van der Waals surface area contributed by atoms with E-state index >= 15 is 0 Å². The highest BCUT2D eigenvalue weighted by molar-refractivity contribution is 14.1. The van der Waals surface area contributed by atoms with Crippen LogP contribution in [0.3, 0.4) is 0 Å². The van der Waals surface area contributed by atoms with E-state index in [4.69, 9.17) is 5.41 Å². The Morgan fingerprint density at radius 1 is 1.44 bits per heavy atom. The van der Waals surface area contributed by atoms with Crippen molar-refractivity contribution in [2.75, 3.05) is 0 Å². The molecule has 0 spiro atoms. The van der Waals surface area contributed by atoms with Crippen LogP contribution in [0, 0.1) is 5.41 Å². The summed E-state index contributed by atoms with van der Waals surface area (Å²) >= 11 is 2.24. The van der Waals surface area contributed by atoms with Gasteiger partial charge in [0.25, 0.3) is 0 Å². The van der Waals surface area contributed by atoms with E-state index in [0.717, 1.165) is 5.57 Å². The molecule has 0 fully saturated rings. The predicted octanol–water partition coefficient (Wildman–Crippen LogP) is 2.92. The fourth-order valence-corrected chi connectivity index (χ4v) is 0.984. The van der Waals surface area contributed by atoms with Gasteiger partial charge in [-0.05, 0) is 51.7 Å². The molecule has 0 aliphatic heterocycles. The zero-order chi connectivity index (χ0) is 7.28. The molecule has 50 valence electrons. The van der Waals surface area contributed by atoms with Gasteiger partial charge in [-0.1, -0.05) is 6.08 Å². The summed E-state index contributed by atoms with van der Waals surface area (Å²) in [6.45, 7) is 4.01. The molecule has 0 aromatic rings. The van der Waals surface area contributed by atoms with Gasteiger partial charge in [-0.15, -0.1) is 0 Å². The van der Waals surface area contributed by atoms with Crippen molar-refractivity contribution < 1.29 is 0 Å². The lowest BCUT2D eigenvalue weighted by Crippen LogP contribution is -1.69. The van der Waals surface area contributed by atoms with Crippen LogP contribution < -0.4 is 0 Å². The lowest BCUT2D eigenvalue weighted by molar-refractivity contribution is 1.50. The van der Waals surface area contributed by atoms with Crippen molar-refractivity contribution in [1.29, 1.82) is 5.41 Å². The zero-order valence-electron chi connectivity index (χ0n) is 5.61. The maximum absolute atomic E-state index is 6.74. The van der Waals surface area contributed by atoms with Crippen LogP contribution in [0.4, 0.5) is 0 Å². The molecule has 0 amide bonds. The maximum Gasteiger partial charge on any atom is 0.0180 e. The number of rotatable bonds is 2. The van der Waals surface area contributed by atoms with Crippen LogP contribution in [0.2, 0.25) is 0 Å². The molecule has 0 aliphatic carbocycles. The van der Waals surface area contributed by atoms with E-state index in [9.17, 15) is 0 Å². The monoisotopic (exact) mass is 235 g/mol. The minimum Gasteiger partial charge on any atom is -0.309 e. The fourth-order valence-electron chi connectivity index (χ4n) is 0.493. The molecule has 0 atom stereocenters. The molecule has 0 aliphatic rings. The highest BCUT2D eigenvalue weighted by Gasteiger charge is 1.80. The van der Waals surface area contributed by atoms with E-state index in [1.165, 1.54) is 9.79 Å². The van der Waals surface area contributed by atoms with Crippen LogP contribution in [0.5, 0.6) is 0 Å². The summed E-state index contributed by atoms with van der Waals surface area (Å²) in [6.07, 6.45) is 5.10. The Morgan fingerprint density at radius 3 is 2.33 bits per heavy atom. The molecule has 0 radical (unpaired) electrons. The highest BCUT2D eigenvalue weighted by atomic mass is 127. The van der Waals surface area contributed by atoms with Gasteiger partial charge in [0.15, 0.2) is 0 Å². The van der Waals surface area contributed by atoms with Gasteiger partial charge in [0.05, 0.1) is 0 Å². The van der Waals surface area contributed by atoms with E-state index in [2.05, 4.69) is 22.6 Å². The lowest BCUT2D eigenvalue weighted by Gasteiger charge is -1.87. The van der Waals surface area contributed by atoms with Gasteiger partial charge in [0.1, 0.15) is 0 Å². The third kappa shape index (κ3) is 5.76. The van der Waals surface area contributed by atoms with E-state index in [-0.39, 0.29) is 0 Å². The molecule has 0 aromatic carbocycles. The first kappa shape index (κ1) is 8.88. The molecular formula is C7H10IN.